The molecule has 0 bridgehead atoms. The molecule has 1 aromatic rings. The summed E-state index contributed by atoms with van der Waals surface area (Å²) in [5.41, 5.74) is 5.62. The number of benzene rings is 1. The first-order chi connectivity index (χ1) is 9.25. The first-order valence-corrected chi connectivity index (χ1v) is 6.75. The zero-order chi connectivity index (χ0) is 15.1. The van der Waals surface area contributed by atoms with E-state index in [4.69, 9.17) is 17.3 Å². The van der Waals surface area contributed by atoms with Gasteiger partial charge in [0.25, 0.3) is 5.91 Å². The van der Waals surface area contributed by atoms with Gasteiger partial charge in [-0.05, 0) is 32.0 Å². The number of hydrogen-bond acceptors (Lipinski definition) is 3. The standard InChI is InChI=1S/C14H18ClN3O2/c1-14(2)13(20)17(3)6-7-18(14)12(19)10-5-4-9(16)8-11(10)15/h4-5,8H,6-7,16H2,1-3H3. The molecule has 0 unspecified atom stereocenters. The monoisotopic (exact) mass is 295 g/mol. The number of halogens is 1. The van der Waals surface area contributed by atoms with Gasteiger partial charge in [0.1, 0.15) is 5.54 Å². The molecule has 2 rings (SSSR count). The minimum Gasteiger partial charge on any atom is -0.399 e. The average molecular weight is 296 g/mol. The molecule has 5 nitrogen and oxygen atoms in total. The van der Waals surface area contributed by atoms with Gasteiger partial charge in [0, 0.05) is 25.8 Å². The Morgan fingerprint density at radius 3 is 2.60 bits per heavy atom. The zero-order valence-corrected chi connectivity index (χ0v) is 12.6. The van der Waals surface area contributed by atoms with Crippen molar-refractivity contribution >= 4 is 29.1 Å². The summed E-state index contributed by atoms with van der Waals surface area (Å²) in [4.78, 5) is 28.0. The lowest BCUT2D eigenvalue weighted by Crippen LogP contribution is -2.63. The molecule has 108 valence electrons. The predicted octanol–water partition coefficient (Wildman–Crippen LogP) is 1.61. The maximum atomic E-state index is 12.6. The van der Waals surface area contributed by atoms with E-state index in [2.05, 4.69) is 0 Å². The number of amides is 2. The minimum absolute atomic E-state index is 0.0799. The molecule has 1 aromatic carbocycles. The number of anilines is 1. The van der Waals surface area contributed by atoms with Crippen LogP contribution in [0.2, 0.25) is 5.02 Å². The quantitative estimate of drug-likeness (QED) is 0.801. The Bertz CT molecular complexity index is 572. The smallest absolute Gasteiger partial charge is 0.256 e. The molecule has 0 radical (unpaired) electrons. The normalized spacial score (nSPS) is 18.3. The summed E-state index contributed by atoms with van der Waals surface area (Å²) >= 11 is 6.08. The Balaban J connectivity index is 2.35. The van der Waals surface area contributed by atoms with Crippen molar-refractivity contribution in [3.05, 3.63) is 28.8 Å². The number of nitrogen functional groups attached to an aromatic ring is 1. The summed E-state index contributed by atoms with van der Waals surface area (Å²) in [6.45, 7) is 4.48. The molecule has 2 N–H and O–H groups in total. The number of nitrogens with two attached hydrogens (primary N) is 1. The lowest BCUT2D eigenvalue weighted by molar-refractivity contribution is -0.144. The van der Waals surface area contributed by atoms with Crippen LogP contribution in [0.25, 0.3) is 0 Å². The van der Waals surface area contributed by atoms with Crippen molar-refractivity contribution < 1.29 is 9.59 Å². The van der Waals surface area contributed by atoms with Crippen molar-refractivity contribution in [2.24, 2.45) is 0 Å². The van der Waals surface area contributed by atoms with Crippen LogP contribution in [0.15, 0.2) is 18.2 Å². The molecule has 1 heterocycles. The van der Waals surface area contributed by atoms with Gasteiger partial charge in [-0.15, -0.1) is 0 Å². The number of carbonyl (C=O) groups excluding carboxylic acids is 2. The summed E-state index contributed by atoms with van der Waals surface area (Å²) < 4.78 is 0. The van der Waals surface area contributed by atoms with E-state index in [1.807, 2.05) is 0 Å². The third-order valence-corrected chi connectivity index (χ3v) is 3.99. The maximum Gasteiger partial charge on any atom is 0.256 e. The Morgan fingerprint density at radius 1 is 1.35 bits per heavy atom. The number of carbonyl (C=O) groups is 2. The van der Waals surface area contributed by atoms with E-state index in [0.29, 0.717) is 29.4 Å². The van der Waals surface area contributed by atoms with E-state index in [9.17, 15) is 9.59 Å². The molecule has 1 aliphatic rings. The topological polar surface area (TPSA) is 66.6 Å². The van der Waals surface area contributed by atoms with Crippen LogP contribution >= 0.6 is 11.6 Å². The fourth-order valence-corrected chi connectivity index (χ4v) is 2.69. The zero-order valence-electron chi connectivity index (χ0n) is 11.8. The lowest BCUT2D eigenvalue weighted by atomic mass is 9.96. The number of nitrogens with zero attached hydrogens (tertiary/aromatic N) is 2. The highest BCUT2D eigenvalue weighted by Crippen LogP contribution is 2.27. The average Bonchev–Trinajstić information content (AvgIpc) is 2.35. The fourth-order valence-electron chi connectivity index (χ4n) is 2.42. The van der Waals surface area contributed by atoms with E-state index in [1.165, 1.54) is 0 Å². The molecule has 1 aliphatic heterocycles. The second kappa shape index (κ2) is 4.98. The van der Waals surface area contributed by atoms with Crippen LogP contribution in [0, 0.1) is 0 Å². The number of piperazine rings is 1. The van der Waals surface area contributed by atoms with Crippen molar-refractivity contribution in [1.29, 1.82) is 0 Å². The Morgan fingerprint density at radius 2 is 2.00 bits per heavy atom. The number of hydrogen-bond donors (Lipinski definition) is 1. The van der Waals surface area contributed by atoms with Crippen LogP contribution in [0.4, 0.5) is 5.69 Å². The van der Waals surface area contributed by atoms with Crippen LogP contribution in [-0.4, -0.2) is 47.3 Å². The fraction of sp³-hybridized carbons (Fsp3) is 0.429. The molecule has 2 amide bonds. The van der Waals surface area contributed by atoms with Crippen molar-refractivity contribution in [2.45, 2.75) is 19.4 Å². The summed E-state index contributed by atoms with van der Waals surface area (Å²) in [6, 6.07) is 4.77. The van der Waals surface area contributed by atoms with Gasteiger partial charge < -0.3 is 15.5 Å². The first-order valence-electron chi connectivity index (χ1n) is 6.37. The van der Waals surface area contributed by atoms with E-state index in [0.717, 1.165) is 0 Å². The van der Waals surface area contributed by atoms with Gasteiger partial charge in [-0.25, -0.2) is 0 Å². The van der Waals surface area contributed by atoms with E-state index in [1.54, 1.807) is 48.9 Å². The second-order valence-electron chi connectivity index (χ2n) is 5.48. The molecule has 0 atom stereocenters. The van der Waals surface area contributed by atoms with Gasteiger partial charge in [0.15, 0.2) is 0 Å². The Labute approximate surface area is 123 Å². The molecule has 0 spiro atoms. The van der Waals surface area contributed by atoms with E-state index < -0.39 is 5.54 Å². The molecule has 0 aromatic heterocycles. The summed E-state index contributed by atoms with van der Waals surface area (Å²) in [7, 11) is 1.74. The largest absolute Gasteiger partial charge is 0.399 e. The molecule has 20 heavy (non-hydrogen) atoms. The summed E-state index contributed by atoms with van der Waals surface area (Å²) in [5.74, 6) is -0.329. The second-order valence-corrected chi connectivity index (χ2v) is 5.89. The van der Waals surface area contributed by atoms with E-state index >= 15 is 0 Å². The number of likely N-dealkylation sites (N-methyl/N-ethyl adjacent to an activating group) is 1. The van der Waals surface area contributed by atoms with Gasteiger partial charge in [0.2, 0.25) is 5.91 Å². The molecular formula is C14H18ClN3O2. The first kappa shape index (κ1) is 14.7. The van der Waals surface area contributed by atoms with Gasteiger partial charge in [-0.1, -0.05) is 11.6 Å². The Kier molecular flexibility index (Phi) is 3.65. The molecule has 0 aliphatic carbocycles. The van der Waals surface area contributed by atoms with Crippen LogP contribution < -0.4 is 5.73 Å². The van der Waals surface area contributed by atoms with Crippen LogP contribution in [0.1, 0.15) is 24.2 Å². The highest BCUT2D eigenvalue weighted by Gasteiger charge is 2.43. The third kappa shape index (κ3) is 2.33. The molecule has 6 heteroatoms. The van der Waals surface area contributed by atoms with Crippen LogP contribution in [-0.2, 0) is 4.79 Å². The van der Waals surface area contributed by atoms with Gasteiger partial charge in [0.05, 0.1) is 10.6 Å². The minimum atomic E-state index is -0.880. The van der Waals surface area contributed by atoms with Crippen LogP contribution in [0.5, 0.6) is 0 Å². The summed E-state index contributed by atoms with van der Waals surface area (Å²) in [5, 5.41) is 0.303. The predicted molar refractivity (Wildman–Crippen MR) is 78.6 cm³/mol. The summed E-state index contributed by atoms with van der Waals surface area (Å²) in [6.07, 6.45) is 0. The van der Waals surface area contributed by atoms with Gasteiger partial charge >= 0.3 is 0 Å². The Hall–Kier alpha value is -1.75. The third-order valence-electron chi connectivity index (χ3n) is 3.67. The molecular weight excluding hydrogens is 278 g/mol. The lowest BCUT2D eigenvalue weighted by Gasteiger charge is -2.44. The number of rotatable bonds is 1. The SMILES string of the molecule is CN1CCN(C(=O)c2ccc(N)cc2Cl)C(C)(C)C1=O. The maximum absolute atomic E-state index is 12.6. The van der Waals surface area contributed by atoms with Gasteiger partial charge in [-0.2, -0.15) is 0 Å². The highest BCUT2D eigenvalue weighted by atomic mass is 35.5. The van der Waals surface area contributed by atoms with Crippen molar-refractivity contribution in [1.82, 2.24) is 9.80 Å². The van der Waals surface area contributed by atoms with Crippen LogP contribution in [0.3, 0.4) is 0 Å². The molecule has 0 saturated carbocycles. The molecule has 1 fully saturated rings. The van der Waals surface area contributed by atoms with Crippen molar-refractivity contribution in [3.63, 3.8) is 0 Å². The van der Waals surface area contributed by atoms with Gasteiger partial charge in [-0.3, -0.25) is 9.59 Å². The van der Waals surface area contributed by atoms with E-state index in [-0.39, 0.29) is 11.8 Å². The molecule has 1 saturated heterocycles. The van der Waals surface area contributed by atoms with Crippen molar-refractivity contribution in [2.75, 3.05) is 25.9 Å². The highest BCUT2D eigenvalue weighted by molar-refractivity contribution is 6.34. The van der Waals surface area contributed by atoms with Crippen molar-refractivity contribution in [3.8, 4) is 0 Å².